The number of alkyl halides is 1. The molecule has 1 fully saturated rings. The molecular weight excluding hydrogens is 290 g/mol. The van der Waals surface area contributed by atoms with Crippen LogP contribution in [0.2, 0.25) is 0 Å². The molecule has 18 heavy (non-hydrogen) atoms. The summed E-state index contributed by atoms with van der Waals surface area (Å²) in [5.41, 5.74) is 1.43. The van der Waals surface area contributed by atoms with Crippen LogP contribution in [0.15, 0.2) is 30.3 Å². The summed E-state index contributed by atoms with van der Waals surface area (Å²) in [5, 5.41) is 1.03. The Balaban J connectivity index is 1.88. The molecule has 2 unspecified atom stereocenters. The normalized spacial score (nSPS) is 22.2. The molecule has 0 N–H and O–H groups in total. The van der Waals surface area contributed by atoms with Crippen LogP contribution in [0.4, 0.5) is 0 Å². The maximum Gasteiger partial charge on any atom is 0.0503 e. The Hall–Kier alpha value is -0.380. The molecule has 3 heteroatoms. The van der Waals surface area contributed by atoms with E-state index >= 15 is 0 Å². The van der Waals surface area contributed by atoms with E-state index in [0.29, 0.717) is 5.92 Å². The summed E-state index contributed by atoms with van der Waals surface area (Å²) >= 11 is 3.65. The van der Waals surface area contributed by atoms with Crippen LogP contribution in [-0.4, -0.2) is 43.6 Å². The lowest BCUT2D eigenvalue weighted by molar-refractivity contribution is 0.153. The first-order valence-corrected chi connectivity index (χ1v) is 7.77. The van der Waals surface area contributed by atoms with E-state index < -0.39 is 0 Å². The van der Waals surface area contributed by atoms with Gasteiger partial charge in [-0.3, -0.25) is 0 Å². The second-order valence-electron chi connectivity index (χ2n) is 5.13. The van der Waals surface area contributed by atoms with Crippen molar-refractivity contribution in [3.05, 3.63) is 35.9 Å². The molecule has 2 atom stereocenters. The van der Waals surface area contributed by atoms with Crippen LogP contribution in [0, 0.1) is 5.92 Å². The molecule has 0 aliphatic carbocycles. The topological polar surface area (TPSA) is 12.5 Å². The highest BCUT2D eigenvalue weighted by Crippen LogP contribution is 2.23. The van der Waals surface area contributed by atoms with Gasteiger partial charge in [0.2, 0.25) is 0 Å². The Morgan fingerprint density at radius 3 is 2.83 bits per heavy atom. The van der Waals surface area contributed by atoms with Crippen molar-refractivity contribution >= 4 is 15.9 Å². The standard InChI is InChI=1S/C15H22BrNO/c1-18-12-13-7-8-17(10-13)11-15(9-16)14-5-3-2-4-6-14/h2-6,13,15H,7-12H2,1H3. The highest BCUT2D eigenvalue weighted by Gasteiger charge is 2.24. The smallest absolute Gasteiger partial charge is 0.0503 e. The van der Waals surface area contributed by atoms with Gasteiger partial charge in [0.1, 0.15) is 0 Å². The minimum absolute atomic E-state index is 0.590. The van der Waals surface area contributed by atoms with Gasteiger partial charge in [-0.1, -0.05) is 46.3 Å². The number of rotatable bonds is 6. The molecular formula is C15H22BrNO. The van der Waals surface area contributed by atoms with Crippen LogP contribution in [0.1, 0.15) is 17.9 Å². The van der Waals surface area contributed by atoms with Gasteiger partial charge >= 0.3 is 0 Å². The molecule has 0 spiro atoms. The van der Waals surface area contributed by atoms with E-state index in [1.165, 1.54) is 25.1 Å². The highest BCUT2D eigenvalue weighted by atomic mass is 79.9. The van der Waals surface area contributed by atoms with Crippen molar-refractivity contribution < 1.29 is 4.74 Å². The monoisotopic (exact) mass is 311 g/mol. The minimum atomic E-state index is 0.590. The summed E-state index contributed by atoms with van der Waals surface area (Å²) in [6, 6.07) is 10.8. The van der Waals surface area contributed by atoms with Crippen molar-refractivity contribution in [1.29, 1.82) is 0 Å². The van der Waals surface area contributed by atoms with E-state index in [0.717, 1.165) is 24.4 Å². The van der Waals surface area contributed by atoms with Crippen LogP contribution in [0.25, 0.3) is 0 Å². The average Bonchev–Trinajstić information content (AvgIpc) is 2.85. The Labute approximate surface area is 118 Å². The number of hydrogen-bond donors (Lipinski definition) is 0. The quantitative estimate of drug-likeness (QED) is 0.748. The van der Waals surface area contributed by atoms with Crippen LogP contribution in [-0.2, 0) is 4.74 Å². The molecule has 1 aromatic carbocycles. The van der Waals surface area contributed by atoms with Crippen LogP contribution >= 0.6 is 15.9 Å². The molecule has 0 radical (unpaired) electrons. The van der Waals surface area contributed by atoms with E-state index in [4.69, 9.17) is 4.74 Å². The molecule has 1 aliphatic heterocycles. The maximum atomic E-state index is 5.25. The lowest BCUT2D eigenvalue weighted by Crippen LogP contribution is -2.27. The summed E-state index contributed by atoms with van der Waals surface area (Å²) in [4.78, 5) is 2.57. The summed E-state index contributed by atoms with van der Waals surface area (Å²) in [6.45, 7) is 4.45. The SMILES string of the molecule is COCC1CCN(CC(CBr)c2ccccc2)C1. The molecule has 0 saturated carbocycles. The lowest BCUT2D eigenvalue weighted by atomic mass is 10.0. The van der Waals surface area contributed by atoms with Gasteiger partial charge in [0.25, 0.3) is 0 Å². The molecule has 1 aliphatic rings. The van der Waals surface area contributed by atoms with Crippen molar-refractivity contribution in [3.63, 3.8) is 0 Å². The summed E-state index contributed by atoms with van der Waals surface area (Å²) in [6.07, 6.45) is 1.28. The zero-order chi connectivity index (χ0) is 12.8. The number of ether oxygens (including phenoxy) is 1. The molecule has 1 saturated heterocycles. The first-order valence-electron chi connectivity index (χ1n) is 6.65. The predicted octanol–water partition coefficient (Wildman–Crippen LogP) is 3.13. The van der Waals surface area contributed by atoms with Gasteiger partial charge in [-0.05, 0) is 24.4 Å². The third-order valence-electron chi connectivity index (χ3n) is 3.71. The van der Waals surface area contributed by atoms with E-state index in [-0.39, 0.29) is 0 Å². The zero-order valence-corrected chi connectivity index (χ0v) is 12.6. The van der Waals surface area contributed by atoms with E-state index in [9.17, 15) is 0 Å². The first kappa shape index (κ1) is 14.0. The number of methoxy groups -OCH3 is 1. The zero-order valence-electron chi connectivity index (χ0n) is 11.0. The van der Waals surface area contributed by atoms with Crippen LogP contribution in [0.5, 0.6) is 0 Å². The number of likely N-dealkylation sites (tertiary alicyclic amines) is 1. The number of nitrogens with zero attached hydrogens (tertiary/aromatic N) is 1. The minimum Gasteiger partial charge on any atom is -0.384 e. The van der Waals surface area contributed by atoms with Crippen molar-refractivity contribution in [2.45, 2.75) is 12.3 Å². The number of benzene rings is 1. The molecule has 2 rings (SSSR count). The molecule has 0 bridgehead atoms. The third-order valence-corrected chi connectivity index (χ3v) is 4.49. The van der Waals surface area contributed by atoms with E-state index in [2.05, 4.69) is 51.2 Å². The number of hydrogen-bond acceptors (Lipinski definition) is 2. The Morgan fingerprint density at radius 1 is 1.39 bits per heavy atom. The highest BCUT2D eigenvalue weighted by molar-refractivity contribution is 9.09. The van der Waals surface area contributed by atoms with E-state index in [1.54, 1.807) is 7.11 Å². The molecule has 0 aromatic heterocycles. The fraction of sp³-hybridized carbons (Fsp3) is 0.600. The van der Waals surface area contributed by atoms with Gasteiger partial charge in [-0.25, -0.2) is 0 Å². The van der Waals surface area contributed by atoms with Crippen molar-refractivity contribution in [3.8, 4) is 0 Å². The summed E-state index contributed by atoms with van der Waals surface area (Å²) in [5.74, 6) is 1.31. The predicted molar refractivity (Wildman–Crippen MR) is 79.4 cm³/mol. The number of halogens is 1. The van der Waals surface area contributed by atoms with Gasteiger partial charge in [0, 0.05) is 31.4 Å². The van der Waals surface area contributed by atoms with E-state index in [1.807, 2.05) is 0 Å². The Morgan fingerprint density at radius 2 is 2.17 bits per heavy atom. The second kappa shape index (κ2) is 7.27. The van der Waals surface area contributed by atoms with Gasteiger partial charge < -0.3 is 9.64 Å². The third kappa shape index (κ3) is 3.81. The molecule has 1 aromatic rings. The van der Waals surface area contributed by atoms with Crippen molar-refractivity contribution in [1.82, 2.24) is 4.90 Å². The Kier molecular flexibility index (Phi) is 5.67. The summed E-state index contributed by atoms with van der Waals surface area (Å²) in [7, 11) is 1.80. The van der Waals surface area contributed by atoms with Gasteiger partial charge in [-0.15, -0.1) is 0 Å². The molecule has 2 nitrogen and oxygen atoms in total. The molecule has 1 heterocycles. The second-order valence-corrected chi connectivity index (χ2v) is 5.78. The fourth-order valence-electron chi connectivity index (χ4n) is 2.73. The maximum absolute atomic E-state index is 5.25. The van der Waals surface area contributed by atoms with Crippen LogP contribution < -0.4 is 0 Å². The van der Waals surface area contributed by atoms with Gasteiger partial charge in [-0.2, -0.15) is 0 Å². The molecule has 100 valence electrons. The fourth-order valence-corrected chi connectivity index (χ4v) is 3.31. The summed E-state index contributed by atoms with van der Waals surface area (Å²) < 4.78 is 5.25. The van der Waals surface area contributed by atoms with Gasteiger partial charge in [0.15, 0.2) is 0 Å². The van der Waals surface area contributed by atoms with Crippen molar-refractivity contribution in [2.24, 2.45) is 5.92 Å². The average molecular weight is 312 g/mol. The van der Waals surface area contributed by atoms with Gasteiger partial charge in [0.05, 0.1) is 6.61 Å². The Bertz CT molecular complexity index is 344. The largest absolute Gasteiger partial charge is 0.384 e. The van der Waals surface area contributed by atoms with Crippen molar-refractivity contribution in [2.75, 3.05) is 38.7 Å². The molecule has 0 amide bonds. The first-order chi connectivity index (χ1) is 8.83. The van der Waals surface area contributed by atoms with Crippen LogP contribution in [0.3, 0.4) is 0 Å². The lowest BCUT2D eigenvalue weighted by Gasteiger charge is -2.22.